The van der Waals surface area contributed by atoms with E-state index < -0.39 is 0 Å². The second-order valence-electron chi connectivity index (χ2n) is 2.58. The molecule has 2 aromatic rings. The summed E-state index contributed by atoms with van der Waals surface area (Å²) in [6, 6.07) is 5.86. The van der Waals surface area contributed by atoms with Crippen molar-refractivity contribution < 1.29 is 0 Å². The number of aromatic nitrogens is 1. The number of hydrogen-bond acceptors (Lipinski definition) is 0. The Labute approximate surface area is 84.1 Å². The summed E-state index contributed by atoms with van der Waals surface area (Å²) in [4.78, 5) is 0. The molecule has 1 heterocycles. The van der Waals surface area contributed by atoms with E-state index in [9.17, 15) is 0 Å². The second-order valence-corrected chi connectivity index (χ2v) is 3.81. The molecule has 1 radical (unpaired) electrons. The van der Waals surface area contributed by atoms with Gasteiger partial charge >= 0.3 is 0 Å². The molecular weight excluding hydrogens is 237 g/mol. The second kappa shape index (κ2) is 2.79. The molecule has 2 rings (SSSR count). The van der Waals surface area contributed by atoms with Crippen LogP contribution in [0.4, 0.5) is 0 Å². The van der Waals surface area contributed by atoms with Crippen molar-refractivity contribution in [2.45, 2.75) is 0 Å². The lowest BCUT2D eigenvalue weighted by atomic mass is 10.2. The van der Waals surface area contributed by atoms with E-state index in [0.717, 1.165) is 20.4 Å². The molecular formula is C9H6BrClN. The largest absolute Gasteiger partial charge is 0.346 e. The van der Waals surface area contributed by atoms with Gasteiger partial charge in [-0.3, -0.25) is 0 Å². The molecule has 0 aliphatic rings. The molecule has 0 bridgehead atoms. The predicted molar refractivity (Wildman–Crippen MR) is 55.4 cm³/mol. The minimum absolute atomic E-state index is 0.745. The Kier molecular flexibility index (Phi) is 1.89. The van der Waals surface area contributed by atoms with Crippen LogP contribution in [0.25, 0.3) is 10.9 Å². The smallest absolute Gasteiger partial charge is 0.0641 e. The Morgan fingerprint density at radius 1 is 1.33 bits per heavy atom. The zero-order valence-electron chi connectivity index (χ0n) is 6.22. The van der Waals surface area contributed by atoms with Crippen molar-refractivity contribution in [1.29, 1.82) is 0 Å². The van der Waals surface area contributed by atoms with Crippen LogP contribution in [0.5, 0.6) is 0 Å². The highest BCUT2D eigenvalue weighted by atomic mass is 79.9. The third kappa shape index (κ3) is 1.06. The molecule has 0 amide bonds. The zero-order chi connectivity index (χ0) is 8.72. The molecule has 0 aliphatic heterocycles. The van der Waals surface area contributed by atoms with Gasteiger partial charge in [-0.25, -0.2) is 0 Å². The van der Waals surface area contributed by atoms with Gasteiger partial charge in [0.2, 0.25) is 0 Å². The summed E-state index contributed by atoms with van der Waals surface area (Å²) >= 11 is 9.42. The lowest BCUT2D eigenvalue weighted by Crippen LogP contribution is -1.80. The van der Waals surface area contributed by atoms with Gasteiger partial charge in [-0.2, -0.15) is 0 Å². The summed E-state index contributed by atoms with van der Waals surface area (Å²) in [6.45, 7) is 0. The highest BCUT2D eigenvalue weighted by Crippen LogP contribution is 2.31. The number of fused-ring (bicyclic) bond motifs is 1. The average Bonchev–Trinajstić information content (AvgIpc) is 2.41. The van der Waals surface area contributed by atoms with E-state index in [1.165, 1.54) is 0 Å². The first-order valence-corrected chi connectivity index (χ1v) is 4.63. The Balaban J connectivity index is 2.93. The summed E-state index contributed by atoms with van der Waals surface area (Å²) < 4.78 is 2.72. The Bertz CT molecular complexity index is 433. The van der Waals surface area contributed by atoms with Gasteiger partial charge in [0, 0.05) is 28.6 Å². The lowest BCUT2D eigenvalue weighted by Gasteiger charge is -1.98. The van der Waals surface area contributed by atoms with Crippen LogP contribution in [0.2, 0.25) is 5.02 Å². The van der Waals surface area contributed by atoms with Gasteiger partial charge in [0.25, 0.3) is 0 Å². The number of halogens is 2. The fourth-order valence-electron chi connectivity index (χ4n) is 1.21. The molecule has 0 fully saturated rings. The highest BCUT2D eigenvalue weighted by molar-refractivity contribution is 9.10. The van der Waals surface area contributed by atoms with E-state index in [2.05, 4.69) is 23.0 Å². The summed E-state index contributed by atoms with van der Waals surface area (Å²) in [5.41, 5.74) is 1.04. The topological polar surface area (TPSA) is 4.93 Å². The molecule has 0 N–H and O–H groups in total. The maximum Gasteiger partial charge on any atom is 0.0641 e. The van der Waals surface area contributed by atoms with Crippen molar-refractivity contribution in [1.82, 2.24) is 4.57 Å². The van der Waals surface area contributed by atoms with Crippen molar-refractivity contribution in [3.05, 3.63) is 40.9 Å². The fourth-order valence-corrected chi connectivity index (χ4v) is 1.78. The maximum absolute atomic E-state index is 6.05. The van der Waals surface area contributed by atoms with E-state index in [-0.39, 0.29) is 0 Å². The molecule has 0 spiro atoms. The Morgan fingerprint density at radius 2 is 2.08 bits per heavy atom. The summed E-state index contributed by atoms with van der Waals surface area (Å²) in [5.74, 6) is 0. The van der Waals surface area contributed by atoms with Crippen LogP contribution in [0.3, 0.4) is 0 Å². The summed E-state index contributed by atoms with van der Waals surface area (Å²) in [5, 5.41) is 1.77. The standard InChI is InChI=1S/C9H6BrClN/c1-12-5-4-6-8(12)3-2-7(10)9(6)11/h2-5H,1H2. The van der Waals surface area contributed by atoms with Gasteiger partial charge in [0.15, 0.2) is 0 Å². The van der Waals surface area contributed by atoms with Gasteiger partial charge in [0.1, 0.15) is 0 Å². The van der Waals surface area contributed by atoms with E-state index in [1.807, 2.05) is 24.4 Å². The predicted octanol–water partition coefficient (Wildman–Crippen LogP) is 3.70. The van der Waals surface area contributed by atoms with Gasteiger partial charge in [-0.05, 0) is 34.1 Å². The molecule has 0 saturated carbocycles. The van der Waals surface area contributed by atoms with E-state index in [4.69, 9.17) is 11.6 Å². The molecule has 1 aromatic heterocycles. The fraction of sp³-hybridized carbons (Fsp3) is 0. The van der Waals surface area contributed by atoms with Crippen LogP contribution in [-0.2, 0) is 0 Å². The van der Waals surface area contributed by atoms with Crippen LogP contribution in [-0.4, -0.2) is 4.57 Å². The molecule has 1 nitrogen and oxygen atoms in total. The first kappa shape index (κ1) is 8.14. The van der Waals surface area contributed by atoms with Crippen molar-refractivity contribution in [2.24, 2.45) is 0 Å². The quantitative estimate of drug-likeness (QED) is 0.665. The number of hydrogen-bond donors (Lipinski definition) is 0. The van der Waals surface area contributed by atoms with Gasteiger partial charge in [-0.15, -0.1) is 0 Å². The van der Waals surface area contributed by atoms with E-state index in [1.54, 1.807) is 4.57 Å². The van der Waals surface area contributed by atoms with Gasteiger partial charge in [0.05, 0.1) is 5.02 Å². The molecule has 3 heteroatoms. The first-order chi connectivity index (χ1) is 5.70. The Hall–Kier alpha value is -0.470. The van der Waals surface area contributed by atoms with Crippen LogP contribution in [0.15, 0.2) is 28.9 Å². The van der Waals surface area contributed by atoms with E-state index >= 15 is 0 Å². The van der Waals surface area contributed by atoms with E-state index in [0.29, 0.717) is 0 Å². The summed E-state index contributed by atoms with van der Waals surface area (Å²) in [7, 11) is 3.82. The van der Waals surface area contributed by atoms with Crippen molar-refractivity contribution in [3.8, 4) is 0 Å². The molecule has 12 heavy (non-hydrogen) atoms. The molecule has 0 unspecified atom stereocenters. The van der Waals surface area contributed by atoms with Gasteiger partial charge < -0.3 is 4.57 Å². The summed E-state index contributed by atoms with van der Waals surface area (Å²) in [6.07, 6.45) is 1.89. The van der Waals surface area contributed by atoms with Crippen LogP contribution < -0.4 is 0 Å². The normalized spacial score (nSPS) is 10.9. The third-order valence-electron chi connectivity index (χ3n) is 1.84. The number of rotatable bonds is 0. The number of nitrogens with zero attached hydrogens (tertiary/aromatic N) is 1. The highest BCUT2D eigenvalue weighted by Gasteiger charge is 2.04. The third-order valence-corrected chi connectivity index (χ3v) is 3.14. The van der Waals surface area contributed by atoms with Crippen LogP contribution in [0, 0.1) is 7.05 Å². The molecule has 1 aromatic carbocycles. The zero-order valence-corrected chi connectivity index (χ0v) is 8.56. The van der Waals surface area contributed by atoms with Crippen LogP contribution >= 0.6 is 27.5 Å². The number of benzene rings is 1. The SMILES string of the molecule is [CH2]n1ccc2c(Cl)c(Br)ccc21. The molecule has 0 atom stereocenters. The van der Waals surface area contributed by atoms with Gasteiger partial charge in [-0.1, -0.05) is 11.6 Å². The van der Waals surface area contributed by atoms with Crippen molar-refractivity contribution in [2.75, 3.05) is 0 Å². The molecule has 0 aliphatic carbocycles. The maximum atomic E-state index is 6.05. The minimum Gasteiger partial charge on any atom is -0.346 e. The molecule has 0 saturated heterocycles. The first-order valence-electron chi connectivity index (χ1n) is 3.46. The molecule has 61 valence electrons. The monoisotopic (exact) mass is 242 g/mol. The van der Waals surface area contributed by atoms with Crippen molar-refractivity contribution >= 4 is 38.4 Å². The van der Waals surface area contributed by atoms with Crippen molar-refractivity contribution in [3.63, 3.8) is 0 Å². The minimum atomic E-state index is 0.745. The Morgan fingerprint density at radius 3 is 2.83 bits per heavy atom. The average molecular weight is 244 g/mol. The lowest BCUT2D eigenvalue weighted by molar-refractivity contribution is 1.14. The van der Waals surface area contributed by atoms with Crippen LogP contribution in [0.1, 0.15) is 0 Å².